The Kier molecular flexibility index (Phi) is 6.10. The summed E-state index contributed by atoms with van der Waals surface area (Å²) < 4.78 is 30.1. The highest BCUT2D eigenvalue weighted by Crippen LogP contribution is 2.26. The number of amides is 1. The molecule has 0 saturated carbocycles. The van der Waals surface area contributed by atoms with E-state index in [1.54, 1.807) is 24.3 Å². The molecule has 3 rings (SSSR count). The number of sulfonamides is 1. The zero-order chi connectivity index (χ0) is 21.0. The Balaban J connectivity index is 1.70. The van der Waals surface area contributed by atoms with Gasteiger partial charge in [0.25, 0.3) is 5.91 Å². The topological polar surface area (TPSA) is 75.7 Å². The molecule has 3 aromatic carbocycles. The van der Waals surface area contributed by atoms with Crippen molar-refractivity contribution in [3.8, 4) is 11.5 Å². The maximum absolute atomic E-state index is 12.5. The number of nitrogens with zero attached hydrogens (tertiary/aromatic N) is 1. The average molecular weight is 431 g/mol. The minimum Gasteiger partial charge on any atom is -0.457 e. The number of halogens is 1. The van der Waals surface area contributed by atoms with Gasteiger partial charge in [0.1, 0.15) is 11.5 Å². The molecule has 1 amide bonds. The lowest BCUT2D eigenvalue weighted by Crippen LogP contribution is -2.25. The van der Waals surface area contributed by atoms with Crippen molar-refractivity contribution in [3.05, 3.63) is 83.4 Å². The van der Waals surface area contributed by atoms with Crippen LogP contribution >= 0.6 is 11.6 Å². The van der Waals surface area contributed by atoms with E-state index >= 15 is 0 Å². The summed E-state index contributed by atoms with van der Waals surface area (Å²) in [5, 5.41) is 2.91. The number of para-hydroxylation sites is 1. The third kappa shape index (κ3) is 5.28. The van der Waals surface area contributed by atoms with Crippen LogP contribution in [-0.2, 0) is 10.0 Å². The lowest BCUT2D eigenvalue weighted by molar-refractivity contribution is 0.102. The van der Waals surface area contributed by atoms with Crippen molar-refractivity contribution >= 4 is 38.9 Å². The van der Waals surface area contributed by atoms with E-state index in [1.807, 2.05) is 30.3 Å². The van der Waals surface area contributed by atoms with Gasteiger partial charge in [-0.15, -0.1) is 0 Å². The smallest absolute Gasteiger partial charge is 0.257 e. The molecule has 0 bridgehead atoms. The molecule has 3 aromatic rings. The Hall–Kier alpha value is -3.03. The number of carbonyl (C=O) groups excluding carboxylic acids is 1. The zero-order valence-corrected chi connectivity index (χ0v) is 17.4. The summed E-state index contributed by atoms with van der Waals surface area (Å²) in [6.07, 6.45) is 1.09. The van der Waals surface area contributed by atoms with Crippen LogP contribution in [0.5, 0.6) is 11.5 Å². The molecule has 150 valence electrons. The van der Waals surface area contributed by atoms with Crippen molar-refractivity contribution in [2.75, 3.05) is 22.9 Å². The predicted octanol–water partition coefficient (Wildman–Crippen LogP) is 4.78. The number of hydrogen-bond acceptors (Lipinski definition) is 4. The summed E-state index contributed by atoms with van der Waals surface area (Å²) >= 11 is 6.20. The fourth-order valence-corrected chi connectivity index (χ4v) is 3.26. The molecule has 0 spiro atoms. The van der Waals surface area contributed by atoms with E-state index in [0.717, 1.165) is 16.3 Å². The Labute approximate surface area is 174 Å². The molecule has 0 radical (unpaired) electrons. The Morgan fingerprint density at radius 1 is 0.966 bits per heavy atom. The number of ether oxygens (including phenoxy) is 1. The molecule has 0 fully saturated rings. The summed E-state index contributed by atoms with van der Waals surface area (Å²) in [5.74, 6) is 0.955. The van der Waals surface area contributed by atoms with Gasteiger partial charge in [0.15, 0.2) is 0 Å². The molecule has 0 saturated heterocycles. The van der Waals surface area contributed by atoms with Crippen molar-refractivity contribution in [2.45, 2.75) is 0 Å². The van der Waals surface area contributed by atoms with Gasteiger partial charge in [-0.25, -0.2) is 8.42 Å². The minimum absolute atomic E-state index is 0.152. The third-order valence-electron chi connectivity index (χ3n) is 4.15. The molecule has 8 heteroatoms. The number of hydrogen-bond donors (Lipinski definition) is 1. The van der Waals surface area contributed by atoms with Crippen molar-refractivity contribution in [1.29, 1.82) is 0 Å². The van der Waals surface area contributed by atoms with E-state index in [0.29, 0.717) is 17.1 Å². The molecule has 0 aliphatic heterocycles. The van der Waals surface area contributed by atoms with Crippen LogP contribution in [0.2, 0.25) is 5.02 Å². The van der Waals surface area contributed by atoms with Crippen molar-refractivity contribution in [2.24, 2.45) is 0 Å². The number of anilines is 2. The highest BCUT2D eigenvalue weighted by molar-refractivity contribution is 7.92. The van der Waals surface area contributed by atoms with Gasteiger partial charge in [-0.3, -0.25) is 9.10 Å². The molecule has 0 heterocycles. The molecule has 0 aliphatic carbocycles. The van der Waals surface area contributed by atoms with Crippen LogP contribution in [0.4, 0.5) is 11.4 Å². The van der Waals surface area contributed by atoms with E-state index in [-0.39, 0.29) is 10.6 Å². The molecular weight excluding hydrogens is 412 g/mol. The quantitative estimate of drug-likeness (QED) is 0.610. The van der Waals surface area contributed by atoms with Crippen LogP contribution in [0.1, 0.15) is 10.4 Å². The summed E-state index contributed by atoms with van der Waals surface area (Å²) in [6, 6.07) is 20.7. The second-order valence-corrected chi connectivity index (χ2v) is 8.71. The number of nitrogens with one attached hydrogen (secondary N) is 1. The lowest BCUT2D eigenvalue weighted by atomic mass is 10.2. The summed E-state index contributed by atoms with van der Waals surface area (Å²) in [5.41, 5.74) is 1.18. The second kappa shape index (κ2) is 8.55. The molecule has 29 heavy (non-hydrogen) atoms. The van der Waals surface area contributed by atoms with Crippen molar-refractivity contribution in [3.63, 3.8) is 0 Å². The molecule has 0 aliphatic rings. The molecule has 0 unspecified atom stereocenters. The van der Waals surface area contributed by atoms with Gasteiger partial charge in [-0.1, -0.05) is 29.8 Å². The first-order valence-electron chi connectivity index (χ1n) is 8.62. The molecule has 1 N–H and O–H groups in total. The highest BCUT2D eigenvalue weighted by atomic mass is 35.5. The maximum atomic E-state index is 12.5. The summed E-state index contributed by atoms with van der Waals surface area (Å²) in [7, 11) is -2.00. The fourth-order valence-electron chi connectivity index (χ4n) is 2.50. The normalized spacial score (nSPS) is 11.0. The van der Waals surface area contributed by atoms with Gasteiger partial charge in [-0.2, -0.15) is 0 Å². The van der Waals surface area contributed by atoms with Crippen molar-refractivity contribution in [1.82, 2.24) is 0 Å². The van der Waals surface area contributed by atoms with Gasteiger partial charge < -0.3 is 10.1 Å². The standard InChI is InChI=1S/C21H19ClN2O4S/c1-24(29(2,26)27)16-10-13-19(20(22)14-16)21(25)23-15-8-11-18(12-9-15)28-17-6-4-3-5-7-17/h3-14H,1-2H3,(H,23,25). The number of rotatable bonds is 6. The Morgan fingerprint density at radius 2 is 1.59 bits per heavy atom. The highest BCUT2D eigenvalue weighted by Gasteiger charge is 2.16. The third-order valence-corrected chi connectivity index (χ3v) is 5.67. The van der Waals surface area contributed by atoms with Crippen LogP contribution in [0.15, 0.2) is 72.8 Å². The first-order valence-corrected chi connectivity index (χ1v) is 10.8. The maximum Gasteiger partial charge on any atom is 0.257 e. The SMILES string of the molecule is CN(c1ccc(C(=O)Nc2ccc(Oc3ccccc3)cc2)c(Cl)c1)S(C)(=O)=O. The largest absolute Gasteiger partial charge is 0.457 e. The molecule has 0 aromatic heterocycles. The zero-order valence-electron chi connectivity index (χ0n) is 15.8. The van der Waals surface area contributed by atoms with Gasteiger partial charge in [0, 0.05) is 12.7 Å². The van der Waals surface area contributed by atoms with Crippen molar-refractivity contribution < 1.29 is 17.9 Å². The average Bonchev–Trinajstić information content (AvgIpc) is 2.69. The fraction of sp³-hybridized carbons (Fsp3) is 0.0952. The first kappa shape index (κ1) is 20.7. The van der Waals surface area contributed by atoms with Crippen LogP contribution in [-0.4, -0.2) is 27.6 Å². The van der Waals surface area contributed by atoms with E-state index in [2.05, 4.69) is 5.32 Å². The summed E-state index contributed by atoms with van der Waals surface area (Å²) in [4.78, 5) is 12.5. The monoisotopic (exact) mass is 430 g/mol. The number of benzene rings is 3. The van der Waals surface area contributed by atoms with Crippen LogP contribution in [0, 0.1) is 0 Å². The second-order valence-electron chi connectivity index (χ2n) is 6.29. The van der Waals surface area contributed by atoms with Gasteiger partial charge in [-0.05, 0) is 54.6 Å². The molecular formula is C21H19ClN2O4S. The van der Waals surface area contributed by atoms with Gasteiger partial charge >= 0.3 is 0 Å². The van der Waals surface area contributed by atoms with Crippen LogP contribution < -0.4 is 14.4 Å². The molecule has 0 atom stereocenters. The Morgan fingerprint density at radius 3 is 2.17 bits per heavy atom. The first-order chi connectivity index (χ1) is 13.7. The minimum atomic E-state index is -3.42. The van der Waals surface area contributed by atoms with E-state index in [9.17, 15) is 13.2 Å². The van der Waals surface area contributed by atoms with Gasteiger partial charge in [0.05, 0.1) is 22.5 Å². The van der Waals surface area contributed by atoms with Gasteiger partial charge in [0.2, 0.25) is 10.0 Å². The van der Waals surface area contributed by atoms with E-state index < -0.39 is 15.9 Å². The Bertz CT molecular complexity index is 1120. The lowest BCUT2D eigenvalue weighted by Gasteiger charge is -2.17. The number of carbonyl (C=O) groups is 1. The van der Waals surface area contributed by atoms with Crippen LogP contribution in [0.3, 0.4) is 0 Å². The van der Waals surface area contributed by atoms with E-state index in [1.165, 1.54) is 25.2 Å². The summed E-state index contributed by atoms with van der Waals surface area (Å²) in [6.45, 7) is 0. The van der Waals surface area contributed by atoms with Crippen LogP contribution in [0.25, 0.3) is 0 Å². The van der Waals surface area contributed by atoms with E-state index in [4.69, 9.17) is 16.3 Å². The molecule has 6 nitrogen and oxygen atoms in total. The predicted molar refractivity (Wildman–Crippen MR) is 116 cm³/mol.